The summed E-state index contributed by atoms with van der Waals surface area (Å²) in [6, 6.07) is 3.80. The quantitative estimate of drug-likeness (QED) is 0.884. The lowest BCUT2D eigenvalue weighted by molar-refractivity contribution is 0.412. The van der Waals surface area contributed by atoms with Crippen molar-refractivity contribution in [2.24, 2.45) is 0 Å². The first-order valence-corrected chi connectivity index (χ1v) is 6.74. The first kappa shape index (κ1) is 13.4. The van der Waals surface area contributed by atoms with Crippen LogP contribution in [0, 0.1) is 6.92 Å². The Kier molecular flexibility index (Phi) is 4.23. The molecule has 5 nitrogen and oxygen atoms in total. The lowest BCUT2D eigenvalue weighted by Gasteiger charge is -2.10. The van der Waals surface area contributed by atoms with Gasteiger partial charge in [0.1, 0.15) is 5.75 Å². The zero-order valence-electron chi connectivity index (χ0n) is 9.83. The molecule has 0 aliphatic carbocycles. The maximum atomic E-state index is 5.28. The number of ether oxygens (including phenoxy) is 1. The highest BCUT2D eigenvalue weighted by atomic mass is 79.9. The first-order chi connectivity index (χ1) is 8.60. The molecule has 96 valence electrons. The smallest absolute Gasteiger partial charge is 0.235 e. The molecule has 0 bridgehead atoms. The van der Waals surface area contributed by atoms with Crippen molar-refractivity contribution in [3.8, 4) is 5.75 Å². The van der Waals surface area contributed by atoms with Crippen molar-refractivity contribution in [1.82, 2.24) is 10.2 Å². The average Bonchev–Trinajstić information content (AvgIpc) is 2.74. The SMILES string of the molecule is COc1cc(NCc2nnc(C)o2)c(Br)cc1Br. The van der Waals surface area contributed by atoms with E-state index in [1.165, 1.54) is 0 Å². The van der Waals surface area contributed by atoms with E-state index in [1.807, 2.05) is 12.1 Å². The summed E-state index contributed by atoms with van der Waals surface area (Å²) in [5.41, 5.74) is 0.894. The fraction of sp³-hybridized carbons (Fsp3) is 0.273. The number of hydrogen-bond acceptors (Lipinski definition) is 5. The maximum Gasteiger partial charge on any atom is 0.235 e. The predicted molar refractivity (Wildman–Crippen MR) is 74.8 cm³/mol. The Hall–Kier alpha value is -1.08. The van der Waals surface area contributed by atoms with Gasteiger partial charge in [-0.1, -0.05) is 0 Å². The fourth-order valence-corrected chi connectivity index (χ4v) is 2.70. The van der Waals surface area contributed by atoms with Crippen LogP contribution >= 0.6 is 31.9 Å². The highest BCUT2D eigenvalue weighted by Gasteiger charge is 2.08. The molecule has 0 unspecified atom stereocenters. The number of nitrogens with one attached hydrogen (secondary N) is 1. The van der Waals surface area contributed by atoms with Crippen LogP contribution in [0.15, 0.2) is 25.5 Å². The number of benzene rings is 1. The molecule has 1 aromatic carbocycles. The largest absolute Gasteiger partial charge is 0.495 e. The van der Waals surface area contributed by atoms with E-state index < -0.39 is 0 Å². The fourth-order valence-electron chi connectivity index (χ4n) is 1.40. The summed E-state index contributed by atoms with van der Waals surface area (Å²) in [7, 11) is 1.62. The number of nitrogens with zero attached hydrogens (tertiary/aromatic N) is 2. The molecule has 18 heavy (non-hydrogen) atoms. The Morgan fingerprint density at radius 3 is 2.67 bits per heavy atom. The van der Waals surface area contributed by atoms with Crippen molar-refractivity contribution < 1.29 is 9.15 Å². The molecule has 1 heterocycles. The van der Waals surface area contributed by atoms with Crippen LogP contribution < -0.4 is 10.1 Å². The van der Waals surface area contributed by atoms with E-state index in [4.69, 9.17) is 9.15 Å². The van der Waals surface area contributed by atoms with Crippen molar-refractivity contribution in [3.63, 3.8) is 0 Å². The zero-order valence-corrected chi connectivity index (χ0v) is 13.0. The summed E-state index contributed by atoms with van der Waals surface area (Å²) in [4.78, 5) is 0. The van der Waals surface area contributed by atoms with Crippen LogP contribution in [0.5, 0.6) is 5.75 Å². The molecule has 2 aromatic rings. The van der Waals surface area contributed by atoms with Crippen molar-refractivity contribution in [1.29, 1.82) is 0 Å². The third kappa shape index (κ3) is 3.02. The van der Waals surface area contributed by atoms with Crippen molar-refractivity contribution >= 4 is 37.5 Å². The lowest BCUT2D eigenvalue weighted by Crippen LogP contribution is -2.01. The van der Waals surface area contributed by atoms with E-state index in [2.05, 4.69) is 47.4 Å². The van der Waals surface area contributed by atoms with E-state index in [9.17, 15) is 0 Å². The molecule has 0 radical (unpaired) electrons. The van der Waals surface area contributed by atoms with E-state index in [1.54, 1.807) is 14.0 Å². The van der Waals surface area contributed by atoms with E-state index in [0.29, 0.717) is 18.3 Å². The number of aromatic nitrogens is 2. The van der Waals surface area contributed by atoms with Gasteiger partial charge in [0.25, 0.3) is 0 Å². The van der Waals surface area contributed by atoms with Gasteiger partial charge >= 0.3 is 0 Å². The van der Waals surface area contributed by atoms with Gasteiger partial charge in [-0.15, -0.1) is 10.2 Å². The van der Waals surface area contributed by atoms with E-state index >= 15 is 0 Å². The highest BCUT2D eigenvalue weighted by Crippen LogP contribution is 2.34. The molecule has 0 spiro atoms. The number of halogens is 2. The molecule has 2 rings (SSSR count). The normalized spacial score (nSPS) is 10.4. The molecule has 1 N–H and O–H groups in total. The number of aryl methyl sites for hydroxylation is 1. The summed E-state index contributed by atoms with van der Waals surface area (Å²) >= 11 is 6.89. The van der Waals surface area contributed by atoms with Crippen LogP contribution in [0.1, 0.15) is 11.8 Å². The Balaban J connectivity index is 2.13. The second-order valence-electron chi connectivity index (χ2n) is 3.53. The Morgan fingerprint density at radius 1 is 1.28 bits per heavy atom. The second kappa shape index (κ2) is 5.71. The van der Waals surface area contributed by atoms with Crippen LogP contribution in [0.2, 0.25) is 0 Å². The minimum absolute atomic E-state index is 0.463. The van der Waals surface area contributed by atoms with Gasteiger partial charge in [-0.3, -0.25) is 0 Å². The first-order valence-electron chi connectivity index (χ1n) is 5.16. The molecule has 0 fully saturated rings. The molecule has 1 aromatic heterocycles. The Bertz CT molecular complexity index is 557. The number of rotatable bonds is 4. The van der Waals surface area contributed by atoms with Gasteiger partial charge in [0.2, 0.25) is 11.8 Å². The van der Waals surface area contributed by atoms with Gasteiger partial charge in [-0.2, -0.15) is 0 Å². The third-order valence-electron chi connectivity index (χ3n) is 2.24. The average molecular weight is 377 g/mol. The Labute approximate surface area is 121 Å². The third-order valence-corrected chi connectivity index (χ3v) is 3.52. The second-order valence-corrected chi connectivity index (χ2v) is 5.24. The van der Waals surface area contributed by atoms with Crippen LogP contribution in [0.3, 0.4) is 0 Å². The van der Waals surface area contributed by atoms with Crippen molar-refractivity contribution in [2.45, 2.75) is 13.5 Å². The molecular weight excluding hydrogens is 366 g/mol. The number of hydrogen-bond donors (Lipinski definition) is 1. The molecular formula is C11H11Br2N3O2. The molecule has 0 amide bonds. The summed E-state index contributed by atoms with van der Waals surface area (Å²) < 4.78 is 12.3. The minimum atomic E-state index is 0.463. The Morgan fingerprint density at radius 2 is 2.06 bits per heavy atom. The van der Waals surface area contributed by atoms with Gasteiger partial charge < -0.3 is 14.5 Å². The predicted octanol–water partition coefficient (Wildman–Crippen LogP) is 3.52. The summed E-state index contributed by atoms with van der Waals surface area (Å²) in [5, 5.41) is 10.9. The van der Waals surface area contributed by atoms with Gasteiger partial charge in [-0.25, -0.2) is 0 Å². The summed E-state index contributed by atoms with van der Waals surface area (Å²) in [5.74, 6) is 1.85. The van der Waals surface area contributed by atoms with Crippen LogP contribution in [0.4, 0.5) is 5.69 Å². The number of anilines is 1. The molecule has 0 saturated carbocycles. The highest BCUT2D eigenvalue weighted by molar-refractivity contribution is 9.11. The monoisotopic (exact) mass is 375 g/mol. The molecule has 0 aliphatic rings. The topological polar surface area (TPSA) is 60.2 Å². The maximum absolute atomic E-state index is 5.28. The standard InChI is InChI=1S/C11H11Br2N3O2/c1-6-15-16-11(18-6)5-14-9-4-10(17-2)8(13)3-7(9)12/h3-4,14H,5H2,1-2H3. The van der Waals surface area contributed by atoms with Gasteiger partial charge in [0, 0.05) is 17.5 Å². The van der Waals surface area contributed by atoms with Crippen LogP contribution in [-0.2, 0) is 6.54 Å². The summed E-state index contributed by atoms with van der Waals surface area (Å²) in [6.45, 7) is 2.22. The van der Waals surface area contributed by atoms with Crippen LogP contribution in [0.25, 0.3) is 0 Å². The van der Waals surface area contributed by atoms with E-state index in [0.717, 1.165) is 20.4 Å². The lowest BCUT2D eigenvalue weighted by atomic mass is 10.3. The molecule has 0 aliphatic heterocycles. The van der Waals surface area contributed by atoms with Crippen LogP contribution in [-0.4, -0.2) is 17.3 Å². The van der Waals surface area contributed by atoms with Gasteiger partial charge in [0.05, 0.1) is 23.8 Å². The summed E-state index contributed by atoms with van der Waals surface area (Å²) in [6.07, 6.45) is 0. The van der Waals surface area contributed by atoms with E-state index in [-0.39, 0.29) is 0 Å². The zero-order chi connectivity index (χ0) is 13.1. The van der Waals surface area contributed by atoms with Crippen molar-refractivity contribution in [2.75, 3.05) is 12.4 Å². The molecule has 0 saturated heterocycles. The molecule has 7 heteroatoms. The van der Waals surface area contributed by atoms with Gasteiger partial charge in [0.15, 0.2) is 0 Å². The number of methoxy groups -OCH3 is 1. The van der Waals surface area contributed by atoms with Gasteiger partial charge in [-0.05, 0) is 37.9 Å². The minimum Gasteiger partial charge on any atom is -0.495 e. The van der Waals surface area contributed by atoms with Crippen molar-refractivity contribution in [3.05, 3.63) is 32.9 Å². The molecule has 0 atom stereocenters.